The van der Waals surface area contributed by atoms with Crippen LogP contribution in [0.5, 0.6) is 0 Å². The number of hydrogen-bond acceptors (Lipinski definition) is 2. The first kappa shape index (κ1) is 14.9. The van der Waals surface area contributed by atoms with Crippen molar-refractivity contribution in [2.45, 2.75) is 35.4 Å². The Morgan fingerprint density at radius 2 is 1.95 bits per heavy atom. The molecule has 2 rings (SSSR count). The highest BCUT2D eigenvalue weighted by molar-refractivity contribution is 6.76. The second-order valence-electron chi connectivity index (χ2n) is 4.57. The quantitative estimate of drug-likeness (QED) is 0.684. The van der Waals surface area contributed by atoms with Gasteiger partial charge < -0.3 is 10.1 Å². The molecule has 1 aliphatic heterocycles. The molecule has 1 aliphatic rings. The van der Waals surface area contributed by atoms with Crippen LogP contribution in [0, 0.1) is 0 Å². The number of benzene rings is 1. The zero-order valence-electron chi connectivity index (χ0n) is 10.3. The summed E-state index contributed by atoms with van der Waals surface area (Å²) in [5.41, 5.74) is 1.10. The average Bonchev–Trinajstić information content (AvgIpc) is 3.05. The summed E-state index contributed by atoms with van der Waals surface area (Å²) in [6, 6.07) is 9.61. The van der Waals surface area contributed by atoms with Crippen LogP contribution in [0.1, 0.15) is 12.5 Å². The van der Waals surface area contributed by atoms with Crippen LogP contribution in [0.3, 0.4) is 0 Å². The second kappa shape index (κ2) is 5.88. The molecule has 3 nitrogen and oxygen atoms in total. The van der Waals surface area contributed by atoms with Crippen LogP contribution in [0.25, 0.3) is 0 Å². The number of rotatable bonds is 4. The number of halogens is 3. The van der Waals surface area contributed by atoms with Crippen molar-refractivity contribution in [3.8, 4) is 0 Å². The van der Waals surface area contributed by atoms with Gasteiger partial charge in [-0.2, -0.15) is 0 Å². The lowest BCUT2D eigenvalue weighted by Crippen LogP contribution is -2.46. The van der Waals surface area contributed by atoms with Crippen molar-refractivity contribution in [1.82, 2.24) is 5.32 Å². The first-order valence-electron chi connectivity index (χ1n) is 5.95. The molecule has 6 heteroatoms. The van der Waals surface area contributed by atoms with E-state index in [9.17, 15) is 4.79 Å². The molecule has 1 heterocycles. The Bertz CT molecular complexity index is 447. The number of carbonyl (C=O) groups is 1. The van der Waals surface area contributed by atoms with Gasteiger partial charge in [0.25, 0.3) is 9.70 Å². The Kier molecular flexibility index (Phi) is 4.62. The standard InChI is InChI=1S/C13H14Cl3NO2/c1-8-11(19-8)10(17-12(18)13(14,15)16)7-9-5-3-2-4-6-9/h2-6,8,10-11H,7H2,1H3,(H,17,18)/t8-,10-,11+/m1/s1. The summed E-state index contributed by atoms with van der Waals surface area (Å²) in [4.78, 5) is 11.7. The van der Waals surface area contributed by atoms with E-state index in [4.69, 9.17) is 39.5 Å². The van der Waals surface area contributed by atoms with Crippen molar-refractivity contribution in [3.05, 3.63) is 35.9 Å². The Hall–Kier alpha value is -0.480. The molecular formula is C13H14Cl3NO2. The van der Waals surface area contributed by atoms with Gasteiger partial charge in [-0.3, -0.25) is 4.79 Å². The number of ether oxygens (including phenoxy) is 1. The van der Waals surface area contributed by atoms with Crippen molar-refractivity contribution >= 4 is 40.7 Å². The van der Waals surface area contributed by atoms with Crippen molar-refractivity contribution in [3.63, 3.8) is 0 Å². The number of nitrogens with one attached hydrogen (secondary N) is 1. The Balaban J connectivity index is 2.03. The van der Waals surface area contributed by atoms with Gasteiger partial charge in [0.2, 0.25) is 0 Å². The minimum absolute atomic E-state index is 0.0310. The molecule has 0 bridgehead atoms. The molecule has 0 spiro atoms. The molecule has 0 radical (unpaired) electrons. The maximum Gasteiger partial charge on any atom is 0.272 e. The second-order valence-corrected chi connectivity index (χ2v) is 6.85. The lowest BCUT2D eigenvalue weighted by atomic mass is 10.0. The van der Waals surface area contributed by atoms with Gasteiger partial charge in [0.15, 0.2) is 0 Å². The summed E-state index contributed by atoms with van der Waals surface area (Å²) < 4.78 is 3.47. The van der Waals surface area contributed by atoms with Crippen molar-refractivity contribution in [2.75, 3.05) is 0 Å². The summed E-state index contributed by atoms with van der Waals surface area (Å²) in [7, 11) is 0. The van der Waals surface area contributed by atoms with Gasteiger partial charge in [-0.25, -0.2) is 0 Å². The lowest BCUT2D eigenvalue weighted by Gasteiger charge is -2.20. The van der Waals surface area contributed by atoms with E-state index in [0.717, 1.165) is 5.56 Å². The van der Waals surface area contributed by atoms with Gasteiger partial charge in [0, 0.05) is 0 Å². The smallest absolute Gasteiger partial charge is 0.272 e. The zero-order valence-corrected chi connectivity index (χ0v) is 12.5. The van der Waals surface area contributed by atoms with Gasteiger partial charge in [-0.15, -0.1) is 0 Å². The highest BCUT2D eigenvalue weighted by atomic mass is 35.6. The fourth-order valence-corrected chi connectivity index (χ4v) is 2.16. The van der Waals surface area contributed by atoms with Crippen molar-refractivity contribution in [2.24, 2.45) is 0 Å². The molecule has 19 heavy (non-hydrogen) atoms. The fraction of sp³-hybridized carbons (Fsp3) is 0.462. The number of alkyl halides is 3. The van der Waals surface area contributed by atoms with E-state index in [1.165, 1.54) is 0 Å². The first-order valence-corrected chi connectivity index (χ1v) is 7.08. The molecule has 0 aliphatic carbocycles. The van der Waals surface area contributed by atoms with E-state index in [0.29, 0.717) is 6.42 Å². The summed E-state index contributed by atoms with van der Waals surface area (Å²) in [5.74, 6) is -0.624. The molecule has 1 saturated heterocycles. The van der Waals surface area contributed by atoms with E-state index in [1.807, 2.05) is 37.3 Å². The largest absolute Gasteiger partial charge is 0.368 e. The maximum absolute atomic E-state index is 11.7. The monoisotopic (exact) mass is 321 g/mol. The molecule has 0 aromatic heterocycles. The van der Waals surface area contributed by atoms with Crippen LogP contribution in [-0.4, -0.2) is 27.9 Å². The van der Waals surface area contributed by atoms with E-state index in [2.05, 4.69) is 5.32 Å². The number of carbonyl (C=O) groups excluding carboxylic acids is 1. The predicted octanol–water partition coefficient (Wildman–Crippen LogP) is 2.87. The van der Waals surface area contributed by atoms with Crippen LogP contribution in [0.2, 0.25) is 0 Å². The normalized spacial score (nSPS) is 23.8. The third kappa shape index (κ3) is 4.25. The highest BCUT2D eigenvalue weighted by Gasteiger charge is 2.44. The van der Waals surface area contributed by atoms with Crippen LogP contribution in [0.4, 0.5) is 0 Å². The molecule has 1 aromatic rings. The Labute approximate surface area is 127 Å². The average molecular weight is 323 g/mol. The SMILES string of the molecule is C[C@H]1O[C@@H]1[C@@H](Cc1ccccc1)NC(=O)C(Cl)(Cl)Cl. The van der Waals surface area contributed by atoms with Crippen molar-refractivity contribution < 1.29 is 9.53 Å². The third-order valence-electron chi connectivity index (χ3n) is 3.03. The summed E-state index contributed by atoms with van der Waals surface area (Å²) in [6.45, 7) is 1.95. The fourth-order valence-electron chi connectivity index (χ4n) is 1.99. The number of epoxide rings is 1. The number of amides is 1. The Morgan fingerprint density at radius 3 is 2.42 bits per heavy atom. The molecule has 0 saturated carbocycles. The van der Waals surface area contributed by atoms with E-state index < -0.39 is 9.70 Å². The summed E-state index contributed by atoms with van der Waals surface area (Å²) in [6.07, 6.45) is 0.725. The van der Waals surface area contributed by atoms with Crippen LogP contribution in [0.15, 0.2) is 30.3 Å². The number of hydrogen-bond donors (Lipinski definition) is 1. The first-order chi connectivity index (χ1) is 8.88. The zero-order chi connectivity index (χ0) is 14.0. The van der Waals surface area contributed by atoms with Gasteiger partial charge in [-0.05, 0) is 18.9 Å². The van der Waals surface area contributed by atoms with Crippen LogP contribution in [-0.2, 0) is 16.0 Å². The van der Waals surface area contributed by atoms with E-state index >= 15 is 0 Å². The van der Waals surface area contributed by atoms with Gasteiger partial charge in [-0.1, -0.05) is 65.1 Å². The van der Waals surface area contributed by atoms with Crippen LogP contribution >= 0.6 is 34.8 Å². The summed E-state index contributed by atoms with van der Waals surface area (Å²) >= 11 is 16.7. The Morgan fingerprint density at radius 1 is 1.37 bits per heavy atom. The van der Waals surface area contributed by atoms with E-state index in [1.54, 1.807) is 0 Å². The molecule has 104 valence electrons. The van der Waals surface area contributed by atoms with Crippen molar-refractivity contribution in [1.29, 1.82) is 0 Å². The molecule has 1 aromatic carbocycles. The minimum atomic E-state index is -1.95. The lowest BCUT2D eigenvalue weighted by molar-refractivity contribution is -0.121. The van der Waals surface area contributed by atoms with Gasteiger partial charge in [0.05, 0.1) is 12.1 Å². The molecule has 0 unspecified atom stereocenters. The molecule has 1 N–H and O–H groups in total. The molecule has 1 amide bonds. The summed E-state index contributed by atoms with van der Waals surface area (Å²) in [5, 5.41) is 2.74. The highest BCUT2D eigenvalue weighted by Crippen LogP contribution is 2.30. The molecule has 1 fully saturated rings. The molecule has 3 atom stereocenters. The maximum atomic E-state index is 11.7. The topological polar surface area (TPSA) is 41.6 Å². The minimum Gasteiger partial charge on any atom is -0.368 e. The third-order valence-corrected chi connectivity index (χ3v) is 3.54. The predicted molar refractivity (Wildman–Crippen MR) is 76.7 cm³/mol. The molecular weight excluding hydrogens is 309 g/mol. The van der Waals surface area contributed by atoms with E-state index in [-0.39, 0.29) is 18.2 Å². The van der Waals surface area contributed by atoms with Gasteiger partial charge in [0.1, 0.15) is 6.10 Å². The van der Waals surface area contributed by atoms with Crippen LogP contribution < -0.4 is 5.32 Å². The van der Waals surface area contributed by atoms with Gasteiger partial charge >= 0.3 is 0 Å².